The van der Waals surface area contributed by atoms with E-state index in [-0.39, 0.29) is 43.1 Å². The summed E-state index contributed by atoms with van der Waals surface area (Å²) in [5.41, 5.74) is 0.733. The van der Waals surface area contributed by atoms with E-state index in [0.29, 0.717) is 6.54 Å². The zero-order valence-corrected chi connectivity index (χ0v) is 14.7. The number of urea groups is 1. The molecule has 1 aromatic carbocycles. The Morgan fingerprint density at radius 1 is 1.32 bits per heavy atom. The Morgan fingerprint density at radius 2 is 2.00 bits per heavy atom. The summed E-state index contributed by atoms with van der Waals surface area (Å²) in [6, 6.07) is 5.56. The van der Waals surface area contributed by atoms with Crippen LogP contribution in [0.5, 0.6) is 0 Å². The summed E-state index contributed by atoms with van der Waals surface area (Å²) in [6.45, 7) is 4.25. The Labute approximate surface area is 151 Å². The summed E-state index contributed by atoms with van der Waals surface area (Å²) in [7, 11) is 0. The lowest BCUT2D eigenvalue weighted by Crippen LogP contribution is -2.55. The number of halogens is 1. The minimum absolute atomic E-state index is 0. The van der Waals surface area contributed by atoms with E-state index in [1.165, 1.54) is 12.1 Å². The first kappa shape index (κ1) is 20.7. The molecule has 3 amide bonds. The lowest BCUT2D eigenvalue weighted by Gasteiger charge is -2.34. The van der Waals surface area contributed by atoms with Crippen molar-refractivity contribution in [1.82, 2.24) is 20.9 Å². The number of nitro groups is 1. The minimum atomic E-state index is -0.480. The van der Waals surface area contributed by atoms with Crippen LogP contribution < -0.4 is 16.0 Å². The van der Waals surface area contributed by atoms with E-state index in [2.05, 4.69) is 16.0 Å². The SMILES string of the molecule is C[C@H]1CNCCN1C(=O)CNC(=O)NCc1ccc([N+](=O)[O-])cc1.Cl. The number of amides is 3. The van der Waals surface area contributed by atoms with Gasteiger partial charge < -0.3 is 20.9 Å². The van der Waals surface area contributed by atoms with Crippen LogP contribution in [0.25, 0.3) is 0 Å². The number of benzene rings is 1. The third-order valence-electron chi connectivity index (χ3n) is 3.82. The minimum Gasteiger partial charge on any atom is -0.336 e. The molecule has 0 radical (unpaired) electrons. The van der Waals surface area contributed by atoms with Crippen LogP contribution in [0.3, 0.4) is 0 Å². The van der Waals surface area contributed by atoms with Crippen molar-refractivity contribution in [1.29, 1.82) is 0 Å². The van der Waals surface area contributed by atoms with Gasteiger partial charge in [0, 0.05) is 44.4 Å². The van der Waals surface area contributed by atoms with E-state index >= 15 is 0 Å². The van der Waals surface area contributed by atoms with Crippen LogP contribution in [0.4, 0.5) is 10.5 Å². The Kier molecular flexibility index (Phi) is 8.09. The van der Waals surface area contributed by atoms with Gasteiger partial charge in [-0.1, -0.05) is 12.1 Å². The van der Waals surface area contributed by atoms with Gasteiger partial charge in [-0.3, -0.25) is 14.9 Å². The Morgan fingerprint density at radius 3 is 2.60 bits per heavy atom. The summed E-state index contributed by atoms with van der Waals surface area (Å²) in [6.07, 6.45) is 0. The molecule has 25 heavy (non-hydrogen) atoms. The smallest absolute Gasteiger partial charge is 0.315 e. The molecule has 9 nitrogen and oxygen atoms in total. The van der Waals surface area contributed by atoms with Gasteiger partial charge in [-0.25, -0.2) is 4.79 Å². The van der Waals surface area contributed by atoms with Gasteiger partial charge in [-0.15, -0.1) is 12.4 Å². The molecular formula is C15H22ClN5O4. The van der Waals surface area contributed by atoms with Crippen molar-refractivity contribution in [3.8, 4) is 0 Å². The first-order chi connectivity index (χ1) is 11.5. The molecule has 0 aliphatic carbocycles. The van der Waals surface area contributed by atoms with Crippen LogP contribution in [-0.2, 0) is 11.3 Å². The second-order valence-corrected chi connectivity index (χ2v) is 5.60. The highest BCUT2D eigenvalue weighted by molar-refractivity contribution is 5.85. The predicted octanol–water partition coefficient (Wildman–Crippen LogP) is 0.636. The maximum atomic E-state index is 12.1. The molecular weight excluding hydrogens is 350 g/mol. The van der Waals surface area contributed by atoms with Crippen LogP contribution in [-0.4, -0.2) is 54.0 Å². The molecule has 138 valence electrons. The topological polar surface area (TPSA) is 117 Å². The highest BCUT2D eigenvalue weighted by Crippen LogP contribution is 2.11. The highest BCUT2D eigenvalue weighted by Gasteiger charge is 2.22. The van der Waals surface area contributed by atoms with Gasteiger partial charge in [0.05, 0.1) is 11.5 Å². The Hall–Kier alpha value is -2.39. The van der Waals surface area contributed by atoms with E-state index in [0.717, 1.165) is 18.7 Å². The average Bonchev–Trinajstić information content (AvgIpc) is 2.58. The second kappa shape index (κ2) is 9.80. The first-order valence-corrected chi connectivity index (χ1v) is 7.72. The Balaban J connectivity index is 0.00000312. The van der Waals surface area contributed by atoms with Crippen molar-refractivity contribution in [2.75, 3.05) is 26.2 Å². The lowest BCUT2D eigenvalue weighted by molar-refractivity contribution is -0.384. The number of hydrogen-bond acceptors (Lipinski definition) is 5. The van der Waals surface area contributed by atoms with Crippen molar-refractivity contribution >= 4 is 30.0 Å². The van der Waals surface area contributed by atoms with Crippen molar-refractivity contribution < 1.29 is 14.5 Å². The van der Waals surface area contributed by atoms with E-state index in [1.807, 2.05) is 6.92 Å². The summed E-state index contributed by atoms with van der Waals surface area (Å²) in [5, 5.41) is 18.9. The van der Waals surface area contributed by atoms with Crippen LogP contribution in [0.2, 0.25) is 0 Å². The molecule has 0 saturated carbocycles. The molecule has 1 fully saturated rings. The fourth-order valence-electron chi connectivity index (χ4n) is 2.45. The number of carbonyl (C=O) groups is 2. The molecule has 10 heteroatoms. The maximum absolute atomic E-state index is 12.1. The van der Waals surface area contributed by atoms with Gasteiger partial charge in [-0.05, 0) is 12.5 Å². The number of piperazine rings is 1. The number of non-ortho nitro benzene ring substituents is 1. The normalized spacial score (nSPS) is 16.5. The average molecular weight is 372 g/mol. The fourth-order valence-corrected chi connectivity index (χ4v) is 2.45. The van der Waals surface area contributed by atoms with Gasteiger partial charge in [0.25, 0.3) is 5.69 Å². The van der Waals surface area contributed by atoms with E-state index in [9.17, 15) is 19.7 Å². The second-order valence-electron chi connectivity index (χ2n) is 5.60. The number of hydrogen-bond donors (Lipinski definition) is 3. The number of nitrogens with one attached hydrogen (secondary N) is 3. The zero-order valence-electron chi connectivity index (χ0n) is 13.9. The van der Waals surface area contributed by atoms with Gasteiger partial charge in [0.15, 0.2) is 0 Å². The monoisotopic (exact) mass is 371 g/mol. The van der Waals surface area contributed by atoms with Gasteiger partial charge in [-0.2, -0.15) is 0 Å². The number of nitrogens with zero attached hydrogens (tertiary/aromatic N) is 2. The highest BCUT2D eigenvalue weighted by atomic mass is 35.5. The van der Waals surface area contributed by atoms with Crippen molar-refractivity contribution in [3.63, 3.8) is 0 Å². The van der Waals surface area contributed by atoms with E-state index < -0.39 is 11.0 Å². The summed E-state index contributed by atoms with van der Waals surface area (Å²) in [4.78, 5) is 35.7. The molecule has 1 heterocycles. The molecule has 0 bridgehead atoms. The quantitative estimate of drug-likeness (QED) is 0.518. The molecule has 2 rings (SSSR count). The molecule has 3 N–H and O–H groups in total. The van der Waals surface area contributed by atoms with Crippen molar-refractivity contribution in [3.05, 3.63) is 39.9 Å². The largest absolute Gasteiger partial charge is 0.336 e. The fraction of sp³-hybridized carbons (Fsp3) is 0.467. The molecule has 1 atom stereocenters. The van der Waals surface area contributed by atoms with Gasteiger partial charge in [0.2, 0.25) is 5.91 Å². The summed E-state index contributed by atoms with van der Waals surface area (Å²) in [5.74, 6) is -0.116. The van der Waals surface area contributed by atoms with Crippen molar-refractivity contribution in [2.45, 2.75) is 19.5 Å². The van der Waals surface area contributed by atoms with E-state index in [1.54, 1.807) is 17.0 Å². The van der Waals surface area contributed by atoms with Gasteiger partial charge >= 0.3 is 6.03 Å². The van der Waals surface area contributed by atoms with E-state index in [4.69, 9.17) is 0 Å². The van der Waals surface area contributed by atoms with Crippen LogP contribution in [0, 0.1) is 10.1 Å². The number of nitro benzene ring substituents is 1. The van der Waals surface area contributed by atoms with Crippen LogP contribution in [0.15, 0.2) is 24.3 Å². The lowest BCUT2D eigenvalue weighted by atomic mass is 10.2. The number of rotatable bonds is 5. The first-order valence-electron chi connectivity index (χ1n) is 7.72. The molecule has 1 aromatic rings. The molecule has 1 aliphatic heterocycles. The van der Waals surface area contributed by atoms with Gasteiger partial charge in [0.1, 0.15) is 0 Å². The standard InChI is InChI=1S/C15H21N5O4.ClH/c1-11-8-16-6-7-19(11)14(21)10-18-15(22)17-9-12-2-4-13(5-3-12)20(23)24;/h2-5,11,16H,6-10H2,1H3,(H2,17,18,22);1H/t11-;/m0./s1. The zero-order chi connectivity index (χ0) is 17.5. The molecule has 1 saturated heterocycles. The maximum Gasteiger partial charge on any atom is 0.315 e. The third kappa shape index (κ3) is 6.20. The molecule has 0 aromatic heterocycles. The Bertz CT molecular complexity index is 610. The van der Waals surface area contributed by atoms with Crippen LogP contribution >= 0.6 is 12.4 Å². The van der Waals surface area contributed by atoms with Crippen LogP contribution in [0.1, 0.15) is 12.5 Å². The summed E-state index contributed by atoms with van der Waals surface area (Å²) < 4.78 is 0. The third-order valence-corrected chi connectivity index (χ3v) is 3.82. The number of carbonyl (C=O) groups excluding carboxylic acids is 2. The molecule has 0 spiro atoms. The molecule has 1 aliphatic rings. The predicted molar refractivity (Wildman–Crippen MR) is 94.6 cm³/mol. The molecule has 0 unspecified atom stereocenters. The van der Waals surface area contributed by atoms with Crippen molar-refractivity contribution in [2.24, 2.45) is 0 Å². The summed E-state index contributed by atoms with van der Waals surface area (Å²) >= 11 is 0.